The van der Waals surface area contributed by atoms with Crippen LogP contribution < -0.4 is 0 Å². The van der Waals surface area contributed by atoms with Gasteiger partial charge in [-0.2, -0.15) is 0 Å². The lowest BCUT2D eigenvalue weighted by Crippen LogP contribution is -2.32. The highest BCUT2D eigenvalue weighted by Gasteiger charge is 2.13. The second-order valence-corrected chi connectivity index (χ2v) is 4.76. The van der Waals surface area contributed by atoms with E-state index in [4.69, 9.17) is 9.84 Å². The van der Waals surface area contributed by atoms with Crippen LogP contribution in [0.3, 0.4) is 0 Å². The average Bonchev–Trinajstić information content (AvgIpc) is 2.25. The normalized spacial score (nSPS) is 17.5. The summed E-state index contributed by atoms with van der Waals surface area (Å²) in [4.78, 5) is 12.9. The number of hydrogen-bond donors (Lipinski definition) is 1. The zero-order chi connectivity index (χ0) is 12.7. The number of carboxylic acids is 1. The summed E-state index contributed by atoms with van der Waals surface area (Å²) in [7, 11) is 0. The number of hydrogen-bond acceptors (Lipinski definition) is 3. The lowest BCUT2D eigenvalue weighted by molar-refractivity contribution is -0.131. The second kappa shape index (κ2) is 7.45. The number of ether oxygens (including phenoxy) is 1. The van der Waals surface area contributed by atoms with Crippen LogP contribution in [-0.4, -0.2) is 48.3 Å². The Morgan fingerprint density at radius 2 is 2.12 bits per heavy atom. The monoisotopic (exact) mass is 241 g/mol. The highest BCUT2D eigenvalue weighted by Crippen LogP contribution is 2.15. The maximum Gasteiger partial charge on any atom is 0.328 e. The maximum atomic E-state index is 10.5. The molecule has 4 nitrogen and oxygen atoms in total. The standard InChI is InChI=1S/C13H23NO3/c1-11(2)17-9-3-6-14-7-4-12(5-8-14)10-13(15)16/h10-11H,3-9H2,1-2H3,(H,15,16). The summed E-state index contributed by atoms with van der Waals surface area (Å²) in [5.41, 5.74) is 1.06. The van der Waals surface area contributed by atoms with E-state index in [0.717, 1.165) is 51.1 Å². The van der Waals surface area contributed by atoms with Crippen LogP contribution in [0.5, 0.6) is 0 Å². The number of rotatable bonds is 6. The Hall–Kier alpha value is -0.870. The number of nitrogens with zero attached hydrogens (tertiary/aromatic N) is 1. The van der Waals surface area contributed by atoms with Gasteiger partial charge in [-0.3, -0.25) is 0 Å². The van der Waals surface area contributed by atoms with Gasteiger partial charge in [0.25, 0.3) is 0 Å². The van der Waals surface area contributed by atoms with Crippen LogP contribution in [0, 0.1) is 0 Å². The Morgan fingerprint density at radius 1 is 1.47 bits per heavy atom. The molecule has 0 unspecified atom stereocenters. The molecular weight excluding hydrogens is 218 g/mol. The molecule has 0 aromatic carbocycles. The molecule has 1 aliphatic heterocycles. The first-order valence-electron chi connectivity index (χ1n) is 6.34. The second-order valence-electron chi connectivity index (χ2n) is 4.76. The summed E-state index contributed by atoms with van der Waals surface area (Å²) in [5, 5.41) is 8.65. The van der Waals surface area contributed by atoms with Gasteiger partial charge < -0.3 is 14.7 Å². The van der Waals surface area contributed by atoms with Gasteiger partial charge in [0.05, 0.1) is 6.10 Å². The van der Waals surface area contributed by atoms with Crippen LogP contribution in [0.25, 0.3) is 0 Å². The first-order chi connectivity index (χ1) is 8.08. The van der Waals surface area contributed by atoms with Crippen LogP contribution in [0.1, 0.15) is 33.1 Å². The van der Waals surface area contributed by atoms with E-state index >= 15 is 0 Å². The van der Waals surface area contributed by atoms with Gasteiger partial charge in [0.1, 0.15) is 0 Å². The van der Waals surface area contributed by atoms with Crippen LogP contribution >= 0.6 is 0 Å². The van der Waals surface area contributed by atoms with E-state index in [1.165, 1.54) is 6.08 Å². The molecule has 1 fully saturated rings. The molecule has 0 amide bonds. The number of carbonyl (C=O) groups is 1. The molecule has 0 atom stereocenters. The number of carboxylic acid groups (broad SMARTS) is 1. The van der Waals surface area contributed by atoms with Crippen molar-refractivity contribution in [3.05, 3.63) is 11.6 Å². The lowest BCUT2D eigenvalue weighted by atomic mass is 10.0. The number of piperidine rings is 1. The summed E-state index contributed by atoms with van der Waals surface area (Å²) < 4.78 is 5.49. The molecular formula is C13H23NO3. The minimum absolute atomic E-state index is 0.307. The van der Waals surface area contributed by atoms with Gasteiger partial charge in [0, 0.05) is 32.3 Å². The number of likely N-dealkylation sites (tertiary alicyclic amines) is 1. The van der Waals surface area contributed by atoms with Crippen LogP contribution in [0.4, 0.5) is 0 Å². The zero-order valence-electron chi connectivity index (χ0n) is 10.8. The number of aliphatic carboxylic acids is 1. The molecule has 1 saturated heterocycles. The van der Waals surface area contributed by atoms with Gasteiger partial charge in [-0.15, -0.1) is 0 Å². The van der Waals surface area contributed by atoms with Crippen molar-refractivity contribution in [3.63, 3.8) is 0 Å². The summed E-state index contributed by atoms with van der Waals surface area (Å²) in [6.45, 7) is 7.90. The van der Waals surface area contributed by atoms with Crippen molar-refractivity contribution < 1.29 is 14.6 Å². The first-order valence-corrected chi connectivity index (χ1v) is 6.34. The van der Waals surface area contributed by atoms with E-state index in [2.05, 4.69) is 4.90 Å². The van der Waals surface area contributed by atoms with E-state index in [1.807, 2.05) is 13.8 Å². The fourth-order valence-electron chi connectivity index (χ4n) is 1.99. The van der Waals surface area contributed by atoms with Gasteiger partial charge in [0.2, 0.25) is 0 Å². The molecule has 1 N–H and O–H groups in total. The fraction of sp³-hybridized carbons (Fsp3) is 0.769. The summed E-state index contributed by atoms with van der Waals surface area (Å²) in [6, 6.07) is 0. The Kier molecular flexibility index (Phi) is 6.22. The molecule has 0 aromatic rings. The van der Waals surface area contributed by atoms with Gasteiger partial charge in [-0.05, 0) is 33.1 Å². The fourth-order valence-corrected chi connectivity index (χ4v) is 1.99. The van der Waals surface area contributed by atoms with Crippen LogP contribution in [-0.2, 0) is 9.53 Å². The topological polar surface area (TPSA) is 49.8 Å². The average molecular weight is 241 g/mol. The molecule has 0 spiro atoms. The van der Waals surface area contributed by atoms with E-state index in [-0.39, 0.29) is 0 Å². The van der Waals surface area contributed by atoms with Crippen molar-refractivity contribution in [2.45, 2.75) is 39.2 Å². The third kappa shape index (κ3) is 6.44. The van der Waals surface area contributed by atoms with Crippen molar-refractivity contribution in [1.29, 1.82) is 0 Å². The Balaban J connectivity index is 2.13. The highest BCUT2D eigenvalue weighted by molar-refractivity contribution is 5.80. The van der Waals surface area contributed by atoms with Gasteiger partial charge in [0.15, 0.2) is 0 Å². The molecule has 0 radical (unpaired) electrons. The smallest absolute Gasteiger partial charge is 0.328 e. The van der Waals surface area contributed by atoms with Crippen LogP contribution in [0.2, 0.25) is 0 Å². The summed E-state index contributed by atoms with van der Waals surface area (Å²) in [5.74, 6) is -0.821. The summed E-state index contributed by atoms with van der Waals surface area (Å²) >= 11 is 0. The Labute approximate surface area is 103 Å². The molecule has 0 saturated carbocycles. The van der Waals surface area contributed by atoms with Gasteiger partial charge in [-0.25, -0.2) is 4.79 Å². The van der Waals surface area contributed by atoms with E-state index < -0.39 is 5.97 Å². The zero-order valence-corrected chi connectivity index (χ0v) is 10.8. The molecule has 1 aliphatic rings. The van der Waals surface area contributed by atoms with E-state index in [1.54, 1.807) is 0 Å². The van der Waals surface area contributed by atoms with E-state index in [0.29, 0.717) is 6.10 Å². The van der Waals surface area contributed by atoms with Crippen molar-refractivity contribution in [1.82, 2.24) is 4.90 Å². The van der Waals surface area contributed by atoms with Gasteiger partial charge in [-0.1, -0.05) is 5.57 Å². The van der Waals surface area contributed by atoms with E-state index in [9.17, 15) is 4.79 Å². The Morgan fingerprint density at radius 3 is 2.65 bits per heavy atom. The molecule has 98 valence electrons. The molecule has 4 heteroatoms. The minimum atomic E-state index is -0.821. The summed E-state index contributed by atoms with van der Waals surface area (Å²) in [6.07, 6.45) is 4.49. The SMILES string of the molecule is CC(C)OCCCN1CCC(=CC(=O)O)CC1. The highest BCUT2D eigenvalue weighted by atomic mass is 16.5. The lowest BCUT2D eigenvalue weighted by Gasteiger charge is -2.28. The van der Waals surface area contributed by atoms with Crippen molar-refractivity contribution in [3.8, 4) is 0 Å². The van der Waals surface area contributed by atoms with Crippen LogP contribution in [0.15, 0.2) is 11.6 Å². The predicted molar refractivity (Wildman–Crippen MR) is 67.1 cm³/mol. The molecule has 0 bridgehead atoms. The molecule has 1 heterocycles. The molecule has 0 aromatic heterocycles. The molecule has 0 aliphatic carbocycles. The van der Waals surface area contributed by atoms with Crippen molar-refractivity contribution in [2.24, 2.45) is 0 Å². The van der Waals surface area contributed by atoms with Crippen molar-refractivity contribution >= 4 is 5.97 Å². The largest absolute Gasteiger partial charge is 0.478 e. The maximum absolute atomic E-state index is 10.5. The van der Waals surface area contributed by atoms with Crippen molar-refractivity contribution in [2.75, 3.05) is 26.2 Å². The minimum Gasteiger partial charge on any atom is -0.478 e. The molecule has 17 heavy (non-hydrogen) atoms. The van der Waals surface area contributed by atoms with Gasteiger partial charge >= 0.3 is 5.97 Å². The first kappa shape index (κ1) is 14.2. The third-order valence-corrected chi connectivity index (χ3v) is 2.90. The molecule has 1 rings (SSSR count). The predicted octanol–water partition coefficient (Wildman–Crippen LogP) is 1.91. The quantitative estimate of drug-likeness (QED) is 0.570. The third-order valence-electron chi connectivity index (χ3n) is 2.90. The Bertz CT molecular complexity index is 264.